The van der Waals surface area contributed by atoms with E-state index in [4.69, 9.17) is 14.2 Å². The van der Waals surface area contributed by atoms with E-state index < -0.39 is 6.10 Å². The van der Waals surface area contributed by atoms with Gasteiger partial charge in [0, 0.05) is 0 Å². The van der Waals surface area contributed by atoms with Crippen LogP contribution in [0.15, 0.2) is 24.7 Å². The number of esters is 1. The molecule has 16 heavy (non-hydrogen) atoms. The molecule has 2 heterocycles. The summed E-state index contributed by atoms with van der Waals surface area (Å²) in [6.45, 7) is 0.312. The minimum Gasteiger partial charge on any atom is -0.495 e. The van der Waals surface area contributed by atoms with E-state index >= 15 is 0 Å². The van der Waals surface area contributed by atoms with Crippen LogP contribution in [0, 0.1) is 0 Å². The fourth-order valence-electron chi connectivity index (χ4n) is 1.68. The second-order valence-electron chi connectivity index (χ2n) is 3.91. The van der Waals surface area contributed by atoms with Gasteiger partial charge in [-0.15, -0.1) is 0 Å². The van der Waals surface area contributed by atoms with Gasteiger partial charge in [-0.3, -0.25) is 0 Å². The van der Waals surface area contributed by atoms with Gasteiger partial charge < -0.3 is 14.2 Å². The molecule has 0 unspecified atom stereocenters. The van der Waals surface area contributed by atoms with Crippen molar-refractivity contribution in [3.63, 3.8) is 0 Å². The van der Waals surface area contributed by atoms with E-state index in [1.807, 2.05) is 12.2 Å². The Hall–Kier alpha value is -1.45. The van der Waals surface area contributed by atoms with Crippen LogP contribution in [0.3, 0.4) is 0 Å². The lowest BCUT2D eigenvalue weighted by Gasteiger charge is -2.22. The van der Waals surface area contributed by atoms with Gasteiger partial charge in [-0.05, 0) is 37.8 Å². The third-order valence-corrected chi connectivity index (χ3v) is 2.63. The van der Waals surface area contributed by atoms with Crippen LogP contribution in [0.5, 0.6) is 0 Å². The number of hydrogen-bond donors (Lipinski definition) is 0. The molecule has 88 valence electrons. The summed E-state index contributed by atoms with van der Waals surface area (Å²) >= 11 is 0. The van der Waals surface area contributed by atoms with Crippen LogP contribution in [0.25, 0.3) is 0 Å². The monoisotopic (exact) mass is 224 g/mol. The number of ether oxygens (including phenoxy) is 3. The van der Waals surface area contributed by atoms with Crippen LogP contribution in [0.2, 0.25) is 0 Å². The van der Waals surface area contributed by atoms with Gasteiger partial charge in [-0.1, -0.05) is 0 Å². The highest BCUT2D eigenvalue weighted by molar-refractivity contribution is 5.74. The van der Waals surface area contributed by atoms with E-state index in [9.17, 15) is 4.79 Å². The largest absolute Gasteiger partial charge is 0.495 e. The normalized spacial score (nSPS) is 28.0. The molecule has 0 fully saturated rings. The summed E-state index contributed by atoms with van der Waals surface area (Å²) in [7, 11) is 0. The first-order chi connectivity index (χ1) is 7.86. The predicted molar refractivity (Wildman–Crippen MR) is 57.5 cm³/mol. The molecular formula is C12H16O4. The Labute approximate surface area is 94.9 Å². The zero-order valence-electron chi connectivity index (χ0n) is 9.13. The third kappa shape index (κ3) is 3.02. The van der Waals surface area contributed by atoms with Crippen molar-refractivity contribution in [3.05, 3.63) is 24.7 Å². The van der Waals surface area contributed by atoms with Crippen molar-refractivity contribution in [3.8, 4) is 0 Å². The third-order valence-electron chi connectivity index (χ3n) is 2.63. The quantitative estimate of drug-likeness (QED) is 0.687. The van der Waals surface area contributed by atoms with Gasteiger partial charge in [0.1, 0.15) is 12.7 Å². The molecule has 0 spiro atoms. The van der Waals surface area contributed by atoms with E-state index in [2.05, 4.69) is 0 Å². The second kappa shape index (κ2) is 5.58. The molecule has 0 saturated heterocycles. The highest BCUT2D eigenvalue weighted by Crippen LogP contribution is 2.14. The molecular weight excluding hydrogens is 208 g/mol. The molecule has 2 aliphatic rings. The van der Waals surface area contributed by atoms with Gasteiger partial charge in [0.2, 0.25) is 0 Å². The van der Waals surface area contributed by atoms with Crippen molar-refractivity contribution >= 4 is 5.97 Å². The molecule has 0 aromatic carbocycles. The molecule has 0 N–H and O–H groups in total. The molecule has 0 aromatic rings. The summed E-state index contributed by atoms with van der Waals surface area (Å²) in [6.07, 6.45) is 10.1. The number of carbonyl (C=O) groups excluding carboxylic acids is 1. The fourth-order valence-corrected chi connectivity index (χ4v) is 1.68. The Morgan fingerprint density at radius 1 is 1.19 bits per heavy atom. The van der Waals surface area contributed by atoms with Crippen molar-refractivity contribution in [2.24, 2.45) is 0 Å². The molecule has 0 saturated carbocycles. The average Bonchev–Trinajstić information content (AvgIpc) is 2.38. The molecule has 2 rings (SSSR count). The van der Waals surface area contributed by atoms with E-state index in [1.54, 1.807) is 12.5 Å². The summed E-state index contributed by atoms with van der Waals surface area (Å²) in [5.41, 5.74) is 0. The first-order valence-electron chi connectivity index (χ1n) is 5.64. The molecule has 4 nitrogen and oxygen atoms in total. The Morgan fingerprint density at radius 2 is 1.94 bits per heavy atom. The lowest BCUT2D eigenvalue weighted by Crippen LogP contribution is -2.30. The minimum atomic E-state index is -0.441. The summed E-state index contributed by atoms with van der Waals surface area (Å²) in [6, 6.07) is 0. The maximum Gasteiger partial charge on any atom is 0.347 e. The standard InChI is InChI=1S/C12H16O4/c13-12(11-6-2-4-8-15-11)16-9-10-5-1-3-7-14-10/h3-4,7-8,10-11H,1-2,5-6,9H2/t10-,11-/m1/s1. The molecule has 2 atom stereocenters. The average molecular weight is 224 g/mol. The van der Waals surface area contributed by atoms with Crippen LogP contribution in [-0.2, 0) is 19.0 Å². The van der Waals surface area contributed by atoms with E-state index in [0.717, 1.165) is 19.3 Å². The van der Waals surface area contributed by atoms with E-state index in [1.165, 1.54) is 0 Å². The zero-order chi connectivity index (χ0) is 11.2. The number of carbonyl (C=O) groups is 1. The number of hydrogen-bond acceptors (Lipinski definition) is 4. The summed E-state index contributed by atoms with van der Waals surface area (Å²) in [4.78, 5) is 11.6. The molecule has 0 radical (unpaired) electrons. The highest BCUT2D eigenvalue weighted by atomic mass is 16.6. The Morgan fingerprint density at radius 3 is 2.56 bits per heavy atom. The molecule has 0 aliphatic carbocycles. The Balaban J connectivity index is 1.70. The smallest absolute Gasteiger partial charge is 0.347 e. The van der Waals surface area contributed by atoms with Gasteiger partial charge >= 0.3 is 5.97 Å². The van der Waals surface area contributed by atoms with Gasteiger partial charge in [0.15, 0.2) is 6.10 Å². The Kier molecular flexibility index (Phi) is 3.86. The SMILES string of the molecule is O=C(OC[C@H]1CCC=CO1)[C@H]1CCC=CO1. The second-order valence-corrected chi connectivity index (χ2v) is 3.91. The number of allylic oxidation sites excluding steroid dienone is 2. The van der Waals surface area contributed by atoms with Crippen LogP contribution in [0.4, 0.5) is 0 Å². The lowest BCUT2D eigenvalue weighted by molar-refractivity contribution is -0.158. The van der Waals surface area contributed by atoms with Gasteiger partial charge in [0.05, 0.1) is 12.5 Å². The maximum absolute atomic E-state index is 11.6. The lowest BCUT2D eigenvalue weighted by atomic mass is 10.1. The summed E-state index contributed by atoms with van der Waals surface area (Å²) in [5, 5.41) is 0. The predicted octanol–water partition coefficient (Wildman–Crippen LogP) is 1.92. The van der Waals surface area contributed by atoms with E-state index in [-0.39, 0.29) is 12.1 Å². The van der Waals surface area contributed by atoms with Crippen molar-refractivity contribution < 1.29 is 19.0 Å². The molecule has 4 heteroatoms. The molecule has 0 amide bonds. The highest BCUT2D eigenvalue weighted by Gasteiger charge is 2.23. The Bertz CT molecular complexity index is 295. The first-order valence-corrected chi connectivity index (χ1v) is 5.64. The van der Waals surface area contributed by atoms with Gasteiger partial charge in [-0.2, -0.15) is 0 Å². The molecule has 0 bridgehead atoms. The van der Waals surface area contributed by atoms with Gasteiger partial charge in [0.25, 0.3) is 0 Å². The number of rotatable bonds is 3. The summed E-state index contributed by atoms with van der Waals surface area (Å²) < 4.78 is 15.6. The van der Waals surface area contributed by atoms with Crippen LogP contribution in [-0.4, -0.2) is 24.8 Å². The summed E-state index contributed by atoms with van der Waals surface area (Å²) in [5.74, 6) is -0.289. The molecule has 0 aromatic heterocycles. The van der Waals surface area contributed by atoms with E-state index in [0.29, 0.717) is 13.0 Å². The van der Waals surface area contributed by atoms with Crippen LogP contribution in [0.1, 0.15) is 25.7 Å². The van der Waals surface area contributed by atoms with Crippen molar-refractivity contribution in [1.82, 2.24) is 0 Å². The fraction of sp³-hybridized carbons (Fsp3) is 0.583. The first kappa shape index (κ1) is 11.0. The van der Waals surface area contributed by atoms with Crippen LogP contribution >= 0.6 is 0 Å². The molecule has 2 aliphatic heterocycles. The minimum absolute atomic E-state index is 0.00640. The maximum atomic E-state index is 11.6. The van der Waals surface area contributed by atoms with Crippen molar-refractivity contribution in [1.29, 1.82) is 0 Å². The van der Waals surface area contributed by atoms with Crippen molar-refractivity contribution in [2.75, 3.05) is 6.61 Å². The topological polar surface area (TPSA) is 44.8 Å². The van der Waals surface area contributed by atoms with Crippen molar-refractivity contribution in [2.45, 2.75) is 37.9 Å². The zero-order valence-corrected chi connectivity index (χ0v) is 9.13. The van der Waals surface area contributed by atoms with Crippen LogP contribution < -0.4 is 0 Å². The van der Waals surface area contributed by atoms with Gasteiger partial charge in [-0.25, -0.2) is 4.79 Å².